The quantitative estimate of drug-likeness (QED) is 0.555. The molecule has 0 saturated heterocycles. The predicted octanol–water partition coefficient (Wildman–Crippen LogP) is 4.98. The number of nitrogens with zero attached hydrogens (tertiary/aromatic N) is 1. The van der Waals surface area contributed by atoms with E-state index in [0.717, 1.165) is 24.0 Å². The highest BCUT2D eigenvalue weighted by atomic mass is 15.1. The summed E-state index contributed by atoms with van der Waals surface area (Å²) in [7, 11) is 4.13. The summed E-state index contributed by atoms with van der Waals surface area (Å²) in [5.74, 6) is 6.54. The number of allylic oxidation sites excluding steroid dienone is 3. The molecule has 0 heterocycles. The molecule has 1 nitrogen and oxygen atoms in total. The summed E-state index contributed by atoms with van der Waals surface area (Å²) in [5.41, 5.74) is 5.83. The zero-order valence-electron chi connectivity index (χ0n) is 14.8. The molecule has 2 aromatic carbocycles. The molecule has 0 spiro atoms. The van der Waals surface area contributed by atoms with Gasteiger partial charge in [-0.1, -0.05) is 72.5 Å². The Balaban J connectivity index is 2.23. The summed E-state index contributed by atoms with van der Waals surface area (Å²) >= 11 is 0. The van der Waals surface area contributed by atoms with E-state index >= 15 is 0 Å². The molecule has 0 fully saturated rings. The van der Waals surface area contributed by atoms with E-state index in [2.05, 4.69) is 98.9 Å². The van der Waals surface area contributed by atoms with Gasteiger partial charge in [0.2, 0.25) is 0 Å². The zero-order valence-corrected chi connectivity index (χ0v) is 14.8. The first-order valence-electron chi connectivity index (χ1n) is 8.25. The van der Waals surface area contributed by atoms with E-state index in [1.54, 1.807) is 0 Å². The summed E-state index contributed by atoms with van der Waals surface area (Å²) in [6, 6.07) is 18.8. The van der Waals surface area contributed by atoms with Crippen LogP contribution < -0.4 is 0 Å². The van der Waals surface area contributed by atoms with Crippen molar-refractivity contribution in [3.63, 3.8) is 0 Å². The van der Waals surface area contributed by atoms with Crippen molar-refractivity contribution in [3.8, 4) is 11.8 Å². The highest BCUT2D eigenvalue weighted by Crippen LogP contribution is 2.16. The molecule has 0 aliphatic carbocycles. The molecule has 0 atom stereocenters. The molecule has 0 aliphatic heterocycles. The predicted molar refractivity (Wildman–Crippen MR) is 104 cm³/mol. The monoisotopic (exact) mass is 315 g/mol. The highest BCUT2D eigenvalue weighted by Gasteiger charge is 2.06. The van der Waals surface area contributed by atoms with Crippen molar-refractivity contribution in [3.05, 3.63) is 95.2 Å². The molecular formula is C23H25N. The first-order valence-corrected chi connectivity index (χ1v) is 8.25. The first-order chi connectivity index (χ1) is 11.6. The van der Waals surface area contributed by atoms with Crippen molar-refractivity contribution in [1.82, 2.24) is 4.90 Å². The largest absolute Gasteiger partial charge is 0.380 e. The third kappa shape index (κ3) is 5.18. The fourth-order valence-electron chi connectivity index (χ4n) is 2.52. The molecule has 0 unspecified atom stereocenters. The fraction of sp³-hybridized carbons (Fsp3) is 0.217. The van der Waals surface area contributed by atoms with Crippen LogP contribution in [0.1, 0.15) is 23.1 Å². The average Bonchev–Trinajstić information content (AvgIpc) is 2.59. The molecule has 24 heavy (non-hydrogen) atoms. The average molecular weight is 315 g/mol. The Labute approximate surface area is 146 Å². The third-order valence-corrected chi connectivity index (χ3v) is 3.94. The number of rotatable bonds is 5. The lowest BCUT2D eigenvalue weighted by Crippen LogP contribution is -2.14. The topological polar surface area (TPSA) is 3.24 Å². The van der Waals surface area contributed by atoms with E-state index in [9.17, 15) is 0 Å². The smallest absolute Gasteiger partial charge is 0.0434 e. The summed E-state index contributed by atoms with van der Waals surface area (Å²) in [4.78, 5) is 2.14. The van der Waals surface area contributed by atoms with Gasteiger partial charge in [-0.25, -0.2) is 0 Å². The number of hydrogen-bond acceptors (Lipinski definition) is 1. The van der Waals surface area contributed by atoms with Gasteiger partial charge in [0, 0.05) is 30.9 Å². The van der Waals surface area contributed by atoms with Gasteiger partial charge in [0.25, 0.3) is 0 Å². The molecule has 0 amide bonds. The van der Waals surface area contributed by atoms with Gasteiger partial charge < -0.3 is 4.90 Å². The Morgan fingerprint density at radius 1 is 1.04 bits per heavy atom. The maximum absolute atomic E-state index is 3.96. The Kier molecular flexibility index (Phi) is 6.46. The number of benzene rings is 2. The lowest BCUT2D eigenvalue weighted by Gasteiger charge is -2.19. The van der Waals surface area contributed by atoms with Gasteiger partial charge in [-0.05, 0) is 37.5 Å². The van der Waals surface area contributed by atoms with Gasteiger partial charge in [0.1, 0.15) is 0 Å². The minimum Gasteiger partial charge on any atom is -0.380 e. The molecular weight excluding hydrogens is 290 g/mol. The van der Waals surface area contributed by atoms with Crippen molar-refractivity contribution < 1.29 is 0 Å². The summed E-state index contributed by atoms with van der Waals surface area (Å²) < 4.78 is 0. The second kappa shape index (κ2) is 8.79. The molecule has 2 aromatic rings. The van der Waals surface area contributed by atoms with Gasteiger partial charge in [-0.15, -0.1) is 0 Å². The van der Waals surface area contributed by atoms with Crippen LogP contribution in [0.15, 0.2) is 78.5 Å². The van der Waals surface area contributed by atoms with Crippen LogP contribution in [0.5, 0.6) is 0 Å². The zero-order chi connectivity index (χ0) is 17.4. The lowest BCUT2D eigenvalue weighted by molar-refractivity contribution is 0.484. The van der Waals surface area contributed by atoms with Crippen molar-refractivity contribution >= 4 is 0 Å². The van der Waals surface area contributed by atoms with E-state index in [-0.39, 0.29) is 0 Å². The van der Waals surface area contributed by atoms with Crippen LogP contribution in [0.2, 0.25) is 0 Å². The van der Waals surface area contributed by atoms with Crippen molar-refractivity contribution in [2.75, 3.05) is 14.1 Å². The third-order valence-electron chi connectivity index (χ3n) is 3.94. The second-order valence-corrected chi connectivity index (χ2v) is 6.06. The van der Waals surface area contributed by atoms with E-state index in [1.165, 1.54) is 16.8 Å². The minimum absolute atomic E-state index is 0.945. The Morgan fingerprint density at radius 2 is 1.71 bits per heavy atom. The SMILES string of the molecule is C=C/C(C#Cc1ccc(C)cc1)=C(/CCc1ccccc1)N(C)C. The Morgan fingerprint density at radius 3 is 2.29 bits per heavy atom. The van der Waals surface area contributed by atoms with Crippen molar-refractivity contribution in [1.29, 1.82) is 0 Å². The standard InChI is InChI=1S/C23H25N/c1-5-22(17-15-21-13-11-19(2)12-14-21)23(24(3)4)18-16-20-9-7-6-8-10-20/h5-14H,1,16,18H2,2-4H3/b23-22+. The van der Waals surface area contributed by atoms with Crippen molar-refractivity contribution in [2.45, 2.75) is 19.8 Å². The van der Waals surface area contributed by atoms with E-state index < -0.39 is 0 Å². The minimum atomic E-state index is 0.945. The van der Waals surface area contributed by atoms with Crippen LogP contribution in [0.4, 0.5) is 0 Å². The van der Waals surface area contributed by atoms with Gasteiger partial charge in [-0.3, -0.25) is 0 Å². The molecule has 1 heteroatoms. The van der Waals surface area contributed by atoms with Crippen LogP contribution in [0, 0.1) is 18.8 Å². The molecule has 0 aromatic heterocycles. The lowest BCUT2D eigenvalue weighted by atomic mass is 10.0. The number of aryl methyl sites for hydroxylation is 2. The number of hydrogen-bond donors (Lipinski definition) is 0. The molecule has 0 radical (unpaired) electrons. The molecule has 0 bridgehead atoms. The van der Waals surface area contributed by atoms with Gasteiger partial charge >= 0.3 is 0 Å². The molecule has 2 rings (SSSR count). The Bertz CT molecular complexity index is 753. The second-order valence-electron chi connectivity index (χ2n) is 6.06. The van der Waals surface area contributed by atoms with E-state index in [0.29, 0.717) is 0 Å². The van der Waals surface area contributed by atoms with Crippen LogP contribution >= 0.6 is 0 Å². The Hall–Kier alpha value is -2.72. The normalized spacial score (nSPS) is 11.1. The highest BCUT2D eigenvalue weighted by molar-refractivity contribution is 5.47. The summed E-state index contributed by atoms with van der Waals surface area (Å²) in [6.45, 7) is 6.04. The van der Waals surface area contributed by atoms with E-state index in [4.69, 9.17) is 0 Å². The van der Waals surface area contributed by atoms with Crippen LogP contribution in [-0.2, 0) is 6.42 Å². The molecule has 0 aliphatic rings. The van der Waals surface area contributed by atoms with Crippen LogP contribution in [0.3, 0.4) is 0 Å². The van der Waals surface area contributed by atoms with Crippen LogP contribution in [0.25, 0.3) is 0 Å². The van der Waals surface area contributed by atoms with Gasteiger partial charge in [0.15, 0.2) is 0 Å². The van der Waals surface area contributed by atoms with Crippen LogP contribution in [-0.4, -0.2) is 19.0 Å². The molecule has 122 valence electrons. The van der Waals surface area contributed by atoms with Gasteiger partial charge in [-0.2, -0.15) is 0 Å². The first kappa shape index (κ1) is 17.6. The van der Waals surface area contributed by atoms with Gasteiger partial charge in [0.05, 0.1) is 0 Å². The van der Waals surface area contributed by atoms with E-state index in [1.807, 2.05) is 6.08 Å². The maximum Gasteiger partial charge on any atom is 0.0434 e. The maximum atomic E-state index is 3.96. The summed E-state index contributed by atoms with van der Waals surface area (Å²) in [6.07, 6.45) is 3.81. The summed E-state index contributed by atoms with van der Waals surface area (Å²) in [5, 5.41) is 0. The fourth-order valence-corrected chi connectivity index (χ4v) is 2.52. The van der Waals surface area contributed by atoms with Crippen molar-refractivity contribution in [2.24, 2.45) is 0 Å². The molecule has 0 N–H and O–H groups in total. The molecule has 0 saturated carbocycles.